The molecule has 0 aromatic heterocycles. The maximum absolute atomic E-state index is 6.00. The predicted octanol–water partition coefficient (Wildman–Crippen LogP) is 2.09. The normalized spacial score (nSPS) is 16.8. The maximum atomic E-state index is 6.00. The van der Waals surface area contributed by atoms with Gasteiger partial charge in [0.15, 0.2) is 0 Å². The standard InChI is InChI=1S/C12H18ClN3O/c1-17-12-7-11(10(14)6-9(12)13)16-8-2-4-15-5-3-8/h6-8,15-16H,2-5,14H2,1H3. The third-order valence-electron chi connectivity index (χ3n) is 3.02. The van der Waals surface area contributed by atoms with Crippen molar-refractivity contribution in [2.45, 2.75) is 18.9 Å². The minimum absolute atomic E-state index is 0.462. The molecule has 4 N–H and O–H groups in total. The zero-order valence-electron chi connectivity index (χ0n) is 9.92. The van der Waals surface area contributed by atoms with Crippen LogP contribution in [-0.2, 0) is 0 Å². The molecule has 0 saturated carbocycles. The molecule has 0 radical (unpaired) electrons. The van der Waals surface area contributed by atoms with E-state index in [0.717, 1.165) is 31.6 Å². The maximum Gasteiger partial charge on any atom is 0.139 e. The fourth-order valence-corrected chi connectivity index (χ4v) is 2.29. The van der Waals surface area contributed by atoms with E-state index in [0.29, 0.717) is 22.5 Å². The molecular weight excluding hydrogens is 238 g/mol. The van der Waals surface area contributed by atoms with Crippen LogP contribution < -0.4 is 21.1 Å². The Bertz CT molecular complexity index is 392. The Hall–Kier alpha value is -1.13. The molecule has 0 amide bonds. The van der Waals surface area contributed by atoms with E-state index in [1.165, 1.54) is 0 Å². The van der Waals surface area contributed by atoms with Gasteiger partial charge in [0.1, 0.15) is 5.75 Å². The summed E-state index contributed by atoms with van der Waals surface area (Å²) in [4.78, 5) is 0. The Labute approximate surface area is 106 Å². The van der Waals surface area contributed by atoms with E-state index in [1.807, 2.05) is 6.07 Å². The number of nitrogens with two attached hydrogens (primary N) is 1. The van der Waals surface area contributed by atoms with Crippen molar-refractivity contribution in [3.63, 3.8) is 0 Å². The van der Waals surface area contributed by atoms with Crippen LogP contribution in [0.2, 0.25) is 5.02 Å². The van der Waals surface area contributed by atoms with E-state index in [-0.39, 0.29) is 0 Å². The van der Waals surface area contributed by atoms with Crippen LogP contribution >= 0.6 is 11.6 Å². The lowest BCUT2D eigenvalue weighted by Crippen LogP contribution is -2.35. The van der Waals surface area contributed by atoms with Gasteiger partial charge in [-0.25, -0.2) is 0 Å². The van der Waals surface area contributed by atoms with Gasteiger partial charge in [0, 0.05) is 12.1 Å². The first-order valence-electron chi connectivity index (χ1n) is 5.81. The predicted molar refractivity (Wildman–Crippen MR) is 71.9 cm³/mol. The van der Waals surface area contributed by atoms with Crippen molar-refractivity contribution in [1.82, 2.24) is 5.32 Å². The average molecular weight is 256 g/mol. The first-order valence-corrected chi connectivity index (χ1v) is 6.18. The van der Waals surface area contributed by atoms with E-state index < -0.39 is 0 Å². The summed E-state index contributed by atoms with van der Waals surface area (Å²) >= 11 is 6.00. The van der Waals surface area contributed by atoms with Gasteiger partial charge in [-0.3, -0.25) is 0 Å². The SMILES string of the molecule is COc1cc(NC2CCNCC2)c(N)cc1Cl. The van der Waals surface area contributed by atoms with Crippen molar-refractivity contribution in [2.24, 2.45) is 0 Å². The number of ether oxygens (including phenoxy) is 1. The Kier molecular flexibility index (Phi) is 3.97. The largest absolute Gasteiger partial charge is 0.495 e. The van der Waals surface area contributed by atoms with E-state index in [2.05, 4.69) is 10.6 Å². The van der Waals surface area contributed by atoms with Crippen molar-refractivity contribution in [3.05, 3.63) is 17.2 Å². The lowest BCUT2D eigenvalue weighted by Gasteiger charge is -2.25. The molecule has 94 valence electrons. The van der Waals surface area contributed by atoms with Gasteiger partial charge in [-0.05, 0) is 32.0 Å². The minimum Gasteiger partial charge on any atom is -0.495 e. The van der Waals surface area contributed by atoms with Crippen LogP contribution in [0.4, 0.5) is 11.4 Å². The first-order chi connectivity index (χ1) is 8.20. The van der Waals surface area contributed by atoms with Crippen molar-refractivity contribution >= 4 is 23.0 Å². The van der Waals surface area contributed by atoms with Gasteiger partial charge >= 0.3 is 0 Å². The number of nitrogen functional groups attached to an aromatic ring is 1. The molecule has 1 heterocycles. The molecule has 0 atom stereocenters. The summed E-state index contributed by atoms with van der Waals surface area (Å²) in [6, 6.07) is 4.05. The number of benzene rings is 1. The molecular formula is C12H18ClN3O. The smallest absolute Gasteiger partial charge is 0.139 e. The summed E-state index contributed by atoms with van der Waals surface area (Å²) in [7, 11) is 1.60. The van der Waals surface area contributed by atoms with Crippen molar-refractivity contribution in [3.8, 4) is 5.75 Å². The summed E-state index contributed by atoms with van der Waals surface area (Å²) in [5.74, 6) is 0.650. The molecule has 1 aromatic rings. The van der Waals surface area contributed by atoms with E-state index in [4.69, 9.17) is 22.1 Å². The highest BCUT2D eigenvalue weighted by Gasteiger charge is 2.15. The van der Waals surface area contributed by atoms with E-state index in [9.17, 15) is 0 Å². The van der Waals surface area contributed by atoms with Crippen molar-refractivity contribution in [1.29, 1.82) is 0 Å². The second kappa shape index (κ2) is 5.47. The molecule has 1 aliphatic rings. The van der Waals surface area contributed by atoms with Gasteiger partial charge in [0.2, 0.25) is 0 Å². The quantitative estimate of drug-likeness (QED) is 0.724. The van der Waals surface area contributed by atoms with Crippen LogP contribution in [0.1, 0.15) is 12.8 Å². The average Bonchev–Trinajstić information content (AvgIpc) is 2.34. The molecule has 1 aliphatic heterocycles. The molecule has 0 spiro atoms. The number of piperidine rings is 1. The van der Waals surface area contributed by atoms with Gasteiger partial charge in [0.05, 0.1) is 23.5 Å². The first kappa shape index (κ1) is 12.3. The molecule has 0 bridgehead atoms. The highest BCUT2D eigenvalue weighted by molar-refractivity contribution is 6.32. The summed E-state index contributed by atoms with van der Waals surface area (Å²) in [6.45, 7) is 2.09. The van der Waals surface area contributed by atoms with E-state index >= 15 is 0 Å². The molecule has 4 nitrogen and oxygen atoms in total. The fraction of sp³-hybridized carbons (Fsp3) is 0.500. The Balaban J connectivity index is 2.13. The highest BCUT2D eigenvalue weighted by atomic mass is 35.5. The molecule has 0 unspecified atom stereocenters. The van der Waals surface area contributed by atoms with Gasteiger partial charge in [-0.15, -0.1) is 0 Å². The third-order valence-corrected chi connectivity index (χ3v) is 3.32. The zero-order chi connectivity index (χ0) is 12.3. The summed E-state index contributed by atoms with van der Waals surface area (Å²) in [5, 5.41) is 7.32. The molecule has 1 fully saturated rings. The Morgan fingerprint density at radius 1 is 1.41 bits per heavy atom. The molecule has 1 aromatic carbocycles. The number of hydrogen-bond donors (Lipinski definition) is 3. The summed E-state index contributed by atoms with van der Waals surface area (Å²) in [6.07, 6.45) is 2.20. The number of hydrogen-bond acceptors (Lipinski definition) is 4. The molecule has 17 heavy (non-hydrogen) atoms. The van der Waals surface area contributed by atoms with Crippen LogP contribution in [-0.4, -0.2) is 26.2 Å². The lowest BCUT2D eigenvalue weighted by molar-refractivity contribution is 0.415. The monoisotopic (exact) mass is 255 g/mol. The van der Waals surface area contributed by atoms with Crippen LogP contribution in [0.15, 0.2) is 12.1 Å². The van der Waals surface area contributed by atoms with E-state index in [1.54, 1.807) is 13.2 Å². The van der Waals surface area contributed by atoms with Crippen LogP contribution in [0.5, 0.6) is 5.75 Å². The van der Waals surface area contributed by atoms with Crippen molar-refractivity contribution in [2.75, 3.05) is 31.2 Å². The minimum atomic E-state index is 0.462. The topological polar surface area (TPSA) is 59.3 Å². The second-order valence-electron chi connectivity index (χ2n) is 4.24. The molecule has 5 heteroatoms. The van der Waals surface area contributed by atoms with Gasteiger partial charge < -0.3 is 21.1 Å². The number of nitrogens with one attached hydrogen (secondary N) is 2. The number of rotatable bonds is 3. The van der Waals surface area contributed by atoms with Gasteiger partial charge in [-0.1, -0.05) is 11.6 Å². The molecule has 1 saturated heterocycles. The number of halogens is 1. The lowest BCUT2D eigenvalue weighted by atomic mass is 10.1. The highest BCUT2D eigenvalue weighted by Crippen LogP contribution is 2.33. The van der Waals surface area contributed by atoms with Gasteiger partial charge in [-0.2, -0.15) is 0 Å². The molecule has 0 aliphatic carbocycles. The fourth-order valence-electron chi connectivity index (χ4n) is 2.04. The number of methoxy groups -OCH3 is 1. The third kappa shape index (κ3) is 2.96. The Morgan fingerprint density at radius 3 is 2.76 bits per heavy atom. The zero-order valence-corrected chi connectivity index (χ0v) is 10.7. The number of anilines is 2. The summed E-state index contributed by atoms with van der Waals surface area (Å²) < 4.78 is 5.19. The van der Waals surface area contributed by atoms with Crippen LogP contribution in [0, 0.1) is 0 Å². The van der Waals surface area contributed by atoms with Gasteiger partial charge in [0.25, 0.3) is 0 Å². The van der Waals surface area contributed by atoms with Crippen molar-refractivity contribution < 1.29 is 4.74 Å². The Morgan fingerprint density at radius 2 is 2.12 bits per heavy atom. The van der Waals surface area contributed by atoms with Crippen LogP contribution in [0.3, 0.4) is 0 Å². The van der Waals surface area contributed by atoms with Crippen LogP contribution in [0.25, 0.3) is 0 Å². The summed E-state index contributed by atoms with van der Waals surface area (Å²) in [5.41, 5.74) is 7.51. The molecule has 2 rings (SSSR count). The second-order valence-corrected chi connectivity index (χ2v) is 4.65.